The van der Waals surface area contributed by atoms with E-state index in [9.17, 15) is 9.18 Å². The number of amides is 1. The van der Waals surface area contributed by atoms with Gasteiger partial charge in [0.05, 0.1) is 6.61 Å². The molecule has 3 aromatic rings. The molecule has 34 heavy (non-hydrogen) atoms. The second kappa shape index (κ2) is 10.8. The minimum Gasteiger partial charge on any atom is -0.493 e. The Morgan fingerprint density at radius 1 is 0.971 bits per heavy atom. The van der Waals surface area contributed by atoms with Crippen LogP contribution in [0.5, 0.6) is 11.5 Å². The molecule has 0 radical (unpaired) electrons. The van der Waals surface area contributed by atoms with Crippen molar-refractivity contribution in [2.75, 3.05) is 37.7 Å². The zero-order valence-electron chi connectivity index (χ0n) is 19.4. The van der Waals surface area contributed by atoms with E-state index in [1.165, 1.54) is 12.1 Å². The van der Waals surface area contributed by atoms with Crippen LogP contribution in [0.15, 0.2) is 60.7 Å². The van der Waals surface area contributed by atoms with E-state index in [1.807, 2.05) is 43.0 Å². The summed E-state index contributed by atoms with van der Waals surface area (Å²) in [6, 6.07) is 17.5. The molecule has 0 aromatic heterocycles. The fourth-order valence-corrected chi connectivity index (χ4v) is 4.11. The molecule has 0 saturated carbocycles. The van der Waals surface area contributed by atoms with Gasteiger partial charge in [-0.05, 0) is 80.1 Å². The maximum Gasteiger partial charge on any atom is 0.253 e. The predicted octanol–water partition coefficient (Wildman–Crippen LogP) is 5.73. The first-order valence-corrected chi connectivity index (χ1v) is 11.8. The molecule has 0 unspecified atom stereocenters. The normalized spacial score (nSPS) is 13.6. The van der Waals surface area contributed by atoms with Crippen LogP contribution in [0, 0.1) is 12.7 Å². The summed E-state index contributed by atoms with van der Waals surface area (Å²) in [7, 11) is 0. The van der Waals surface area contributed by atoms with Gasteiger partial charge in [0.1, 0.15) is 23.9 Å². The molecule has 1 fully saturated rings. The lowest BCUT2D eigenvalue weighted by molar-refractivity contribution is 0.0746. The first-order valence-electron chi connectivity index (χ1n) is 11.4. The molecular weight excluding hydrogens is 455 g/mol. The average Bonchev–Trinajstić information content (AvgIpc) is 2.86. The molecule has 0 atom stereocenters. The summed E-state index contributed by atoms with van der Waals surface area (Å²) in [5.41, 5.74) is 3.31. The largest absolute Gasteiger partial charge is 0.493 e. The lowest BCUT2D eigenvalue weighted by Crippen LogP contribution is -2.48. The molecule has 5 nitrogen and oxygen atoms in total. The molecule has 1 aliphatic heterocycles. The van der Waals surface area contributed by atoms with E-state index < -0.39 is 0 Å². The molecule has 1 saturated heterocycles. The van der Waals surface area contributed by atoms with Crippen molar-refractivity contribution in [3.05, 3.63) is 88.2 Å². The van der Waals surface area contributed by atoms with Gasteiger partial charge < -0.3 is 19.3 Å². The lowest BCUT2D eigenvalue weighted by Gasteiger charge is -2.36. The Kier molecular flexibility index (Phi) is 7.58. The van der Waals surface area contributed by atoms with Crippen molar-refractivity contribution in [3.63, 3.8) is 0 Å². The molecule has 1 heterocycles. The molecule has 3 aromatic carbocycles. The third-order valence-electron chi connectivity index (χ3n) is 5.89. The van der Waals surface area contributed by atoms with E-state index in [1.54, 1.807) is 24.3 Å². The Bertz CT molecular complexity index is 1150. The summed E-state index contributed by atoms with van der Waals surface area (Å²) in [5, 5.41) is 0.689. The van der Waals surface area contributed by atoms with Gasteiger partial charge in [0.25, 0.3) is 5.91 Å². The maximum absolute atomic E-state index is 13.2. The number of aryl methyl sites for hydroxylation is 1. The number of piperazine rings is 1. The molecular formula is C27H28ClFN2O3. The van der Waals surface area contributed by atoms with Crippen molar-refractivity contribution >= 4 is 23.2 Å². The second-order valence-electron chi connectivity index (χ2n) is 8.21. The molecule has 0 bridgehead atoms. The second-order valence-corrected chi connectivity index (χ2v) is 8.62. The van der Waals surface area contributed by atoms with Gasteiger partial charge in [0.2, 0.25) is 0 Å². The van der Waals surface area contributed by atoms with Crippen LogP contribution in [0.4, 0.5) is 10.1 Å². The number of carbonyl (C=O) groups is 1. The topological polar surface area (TPSA) is 42.0 Å². The van der Waals surface area contributed by atoms with Crippen molar-refractivity contribution in [1.29, 1.82) is 0 Å². The summed E-state index contributed by atoms with van der Waals surface area (Å²) < 4.78 is 24.9. The monoisotopic (exact) mass is 482 g/mol. The molecule has 4 rings (SSSR count). The van der Waals surface area contributed by atoms with Crippen molar-refractivity contribution < 1.29 is 18.7 Å². The predicted molar refractivity (Wildman–Crippen MR) is 133 cm³/mol. The number of anilines is 1. The molecule has 0 spiro atoms. The van der Waals surface area contributed by atoms with E-state index in [0.29, 0.717) is 54.9 Å². The van der Waals surface area contributed by atoms with Crippen LogP contribution in [0.2, 0.25) is 5.02 Å². The Balaban J connectivity index is 1.44. The maximum atomic E-state index is 13.2. The Labute approximate surface area is 204 Å². The van der Waals surface area contributed by atoms with E-state index in [2.05, 4.69) is 4.90 Å². The fraction of sp³-hybridized carbons (Fsp3) is 0.296. The summed E-state index contributed by atoms with van der Waals surface area (Å²) in [4.78, 5) is 17.2. The van der Waals surface area contributed by atoms with Gasteiger partial charge in [-0.2, -0.15) is 0 Å². The summed E-state index contributed by atoms with van der Waals surface area (Å²) in [6.45, 7) is 7.23. The Morgan fingerprint density at radius 2 is 1.71 bits per heavy atom. The van der Waals surface area contributed by atoms with Crippen molar-refractivity contribution in [2.45, 2.75) is 20.5 Å². The number of hydrogen-bond acceptors (Lipinski definition) is 4. The van der Waals surface area contributed by atoms with Crippen LogP contribution in [0.25, 0.3) is 0 Å². The van der Waals surface area contributed by atoms with Crippen molar-refractivity contribution in [3.8, 4) is 11.5 Å². The van der Waals surface area contributed by atoms with Gasteiger partial charge in [0, 0.05) is 48.0 Å². The third-order valence-corrected chi connectivity index (χ3v) is 6.31. The smallest absolute Gasteiger partial charge is 0.253 e. The SMILES string of the molecule is CCOc1ccc(C(=O)N2CCN(c3ccc(F)cc3)CC2)cc1COc1ccc(Cl)c(C)c1. The highest BCUT2D eigenvalue weighted by molar-refractivity contribution is 6.31. The number of carbonyl (C=O) groups excluding carboxylic acids is 1. The number of hydrogen-bond donors (Lipinski definition) is 0. The Hall–Kier alpha value is -3.25. The van der Waals surface area contributed by atoms with E-state index in [-0.39, 0.29) is 18.3 Å². The summed E-state index contributed by atoms with van der Waals surface area (Å²) >= 11 is 6.11. The first kappa shape index (κ1) is 23.9. The minimum atomic E-state index is -0.251. The summed E-state index contributed by atoms with van der Waals surface area (Å²) in [5.74, 6) is 1.13. The highest BCUT2D eigenvalue weighted by Gasteiger charge is 2.23. The fourth-order valence-electron chi connectivity index (χ4n) is 3.99. The first-order chi connectivity index (χ1) is 16.4. The van der Waals surface area contributed by atoms with Crippen molar-refractivity contribution in [2.24, 2.45) is 0 Å². The molecule has 178 valence electrons. The van der Waals surface area contributed by atoms with Crippen LogP contribution >= 0.6 is 11.6 Å². The lowest BCUT2D eigenvalue weighted by atomic mass is 10.1. The number of ether oxygens (including phenoxy) is 2. The molecule has 0 aliphatic carbocycles. The highest BCUT2D eigenvalue weighted by Crippen LogP contribution is 2.26. The highest BCUT2D eigenvalue weighted by atomic mass is 35.5. The molecule has 1 aliphatic rings. The van der Waals surface area contributed by atoms with E-state index in [4.69, 9.17) is 21.1 Å². The van der Waals surface area contributed by atoms with Gasteiger partial charge >= 0.3 is 0 Å². The minimum absolute atomic E-state index is 0.0228. The van der Waals surface area contributed by atoms with Crippen molar-refractivity contribution in [1.82, 2.24) is 4.90 Å². The Morgan fingerprint density at radius 3 is 2.38 bits per heavy atom. The van der Waals surface area contributed by atoms with Crippen LogP contribution < -0.4 is 14.4 Å². The molecule has 1 amide bonds. The van der Waals surface area contributed by atoms with Gasteiger partial charge in [-0.3, -0.25) is 4.79 Å². The number of rotatable bonds is 7. The van der Waals surface area contributed by atoms with Gasteiger partial charge in [-0.25, -0.2) is 4.39 Å². The van der Waals surface area contributed by atoms with Crippen LogP contribution in [-0.2, 0) is 6.61 Å². The van der Waals surface area contributed by atoms with Gasteiger partial charge in [0.15, 0.2) is 0 Å². The van der Waals surface area contributed by atoms with Crippen LogP contribution in [0.1, 0.15) is 28.4 Å². The van der Waals surface area contributed by atoms with E-state index >= 15 is 0 Å². The number of halogens is 2. The molecule has 7 heteroatoms. The van der Waals surface area contributed by atoms with E-state index in [0.717, 1.165) is 16.8 Å². The molecule has 0 N–H and O–H groups in total. The average molecular weight is 483 g/mol. The van der Waals surface area contributed by atoms with Crippen LogP contribution in [0.3, 0.4) is 0 Å². The zero-order chi connectivity index (χ0) is 24.1. The van der Waals surface area contributed by atoms with Gasteiger partial charge in [-0.1, -0.05) is 11.6 Å². The van der Waals surface area contributed by atoms with Gasteiger partial charge in [-0.15, -0.1) is 0 Å². The third kappa shape index (κ3) is 5.62. The number of nitrogens with zero attached hydrogens (tertiary/aromatic N) is 2. The number of benzene rings is 3. The standard InChI is InChI=1S/C27H28ClFN2O3/c1-3-33-26-11-4-20(17-21(26)18-34-24-9-10-25(28)19(2)16-24)27(32)31-14-12-30(13-15-31)23-7-5-22(29)6-8-23/h4-11,16-17H,3,12-15,18H2,1-2H3. The summed E-state index contributed by atoms with van der Waals surface area (Å²) in [6.07, 6.45) is 0. The quantitative estimate of drug-likeness (QED) is 0.431. The van der Waals surface area contributed by atoms with Crippen LogP contribution in [-0.4, -0.2) is 43.6 Å². The zero-order valence-corrected chi connectivity index (χ0v) is 20.1.